The van der Waals surface area contributed by atoms with Gasteiger partial charge < -0.3 is 9.47 Å². The van der Waals surface area contributed by atoms with E-state index >= 15 is 0 Å². The molecular weight excluding hydrogens is 348 g/mol. The maximum atomic E-state index is 11.0. The lowest BCUT2D eigenvalue weighted by molar-refractivity contribution is 0.171. The lowest BCUT2D eigenvalue weighted by atomic mass is 10.2. The molecule has 7 heteroatoms. The summed E-state index contributed by atoms with van der Waals surface area (Å²) in [6.45, 7) is 0.544. The molecule has 0 heterocycles. The van der Waals surface area contributed by atoms with Crippen LogP contribution in [-0.4, -0.2) is 31.8 Å². The second-order valence-corrected chi connectivity index (χ2v) is 6.16. The standard InChI is InChI=1S/C17H17ClN2O3S/c1-22-17(21)20-19-12-13-4-2-3-5-16(13)23-10-11-24-15-8-6-14(18)7-9-15/h2-9,12H,10-11H2,1H3,(H,20,21)/b19-12+. The number of nitrogens with zero attached hydrogens (tertiary/aromatic N) is 1. The van der Waals surface area contributed by atoms with Crippen molar-refractivity contribution in [2.75, 3.05) is 19.5 Å². The van der Waals surface area contributed by atoms with Crippen molar-refractivity contribution < 1.29 is 14.3 Å². The van der Waals surface area contributed by atoms with Crippen molar-refractivity contribution in [2.24, 2.45) is 5.10 Å². The van der Waals surface area contributed by atoms with Gasteiger partial charge in [-0.3, -0.25) is 0 Å². The van der Waals surface area contributed by atoms with Crippen LogP contribution in [0.3, 0.4) is 0 Å². The maximum Gasteiger partial charge on any atom is 0.427 e. The third-order valence-electron chi connectivity index (χ3n) is 2.89. The van der Waals surface area contributed by atoms with Gasteiger partial charge in [0.05, 0.1) is 19.9 Å². The van der Waals surface area contributed by atoms with Crippen molar-refractivity contribution in [3.05, 3.63) is 59.1 Å². The Morgan fingerprint density at radius 3 is 2.75 bits per heavy atom. The average Bonchev–Trinajstić information content (AvgIpc) is 2.61. The van der Waals surface area contributed by atoms with Crippen molar-refractivity contribution in [2.45, 2.75) is 4.90 Å². The van der Waals surface area contributed by atoms with Crippen LogP contribution in [0.1, 0.15) is 5.56 Å². The molecule has 0 aliphatic heterocycles. The van der Waals surface area contributed by atoms with E-state index in [-0.39, 0.29) is 0 Å². The zero-order valence-corrected chi connectivity index (χ0v) is 14.6. The third-order valence-corrected chi connectivity index (χ3v) is 4.12. The van der Waals surface area contributed by atoms with E-state index in [4.69, 9.17) is 16.3 Å². The van der Waals surface area contributed by atoms with Crippen LogP contribution >= 0.6 is 23.4 Å². The molecule has 0 saturated heterocycles. The summed E-state index contributed by atoms with van der Waals surface area (Å²) in [4.78, 5) is 12.1. The Hall–Kier alpha value is -2.18. The molecule has 0 bridgehead atoms. The van der Waals surface area contributed by atoms with E-state index in [1.54, 1.807) is 11.8 Å². The van der Waals surface area contributed by atoms with Gasteiger partial charge in [-0.15, -0.1) is 11.8 Å². The molecule has 5 nitrogen and oxygen atoms in total. The van der Waals surface area contributed by atoms with Crippen LogP contribution in [0, 0.1) is 0 Å². The van der Waals surface area contributed by atoms with Crippen molar-refractivity contribution in [1.82, 2.24) is 5.43 Å². The van der Waals surface area contributed by atoms with Gasteiger partial charge in [-0.2, -0.15) is 5.10 Å². The lowest BCUT2D eigenvalue weighted by Gasteiger charge is -2.08. The molecule has 24 heavy (non-hydrogen) atoms. The highest BCUT2D eigenvalue weighted by molar-refractivity contribution is 7.99. The number of halogens is 1. The fraction of sp³-hybridized carbons (Fsp3) is 0.176. The molecule has 0 atom stereocenters. The topological polar surface area (TPSA) is 59.9 Å². The first kappa shape index (κ1) is 18.2. The quantitative estimate of drug-likeness (QED) is 0.346. The molecule has 0 aliphatic carbocycles. The number of hydrogen-bond acceptors (Lipinski definition) is 5. The molecule has 2 aromatic carbocycles. The number of carbonyl (C=O) groups excluding carboxylic acids is 1. The lowest BCUT2D eigenvalue weighted by Crippen LogP contribution is -2.16. The third kappa shape index (κ3) is 6.14. The van der Waals surface area contributed by atoms with Crippen LogP contribution in [0.4, 0.5) is 4.79 Å². The molecule has 0 saturated carbocycles. The minimum absolute atomic E-state index is 0.544. The van der Waals surface area contributed by atoms with E-state index in [2.05, 4.69) is 15.3 Å². The van der Waals surface area contributed by atoms with Crippen molar-refractivity contribution in [3.63, 3.8) is 0 Å². The van der Waals surface area contributed by atoms with Crippen molar-refractivity contribution in [1.29, 1.82) is 0 Å². The van der Waals surface area contributed by atoms with Crippen LogP contribution < -0.4 is 10.2 Å². The maximum absolute atomic E-state index is 11.0. The largest absolute Gasteiger partial charge is 0.492 e. The number of nitrogens with one attached hydrogen (secondary N) is 1. The molecule has 0 spiro atoms. The summed E-state index contributed by atoms with van der Waals surface area (Å²) in [5.74, 6) is 1.50. The number of hydrogen-bond donors (Lipinski definition) is 1. The molecule has 126 valence electrons. The van der Waals surface area contributed by atoms with Gasteiger partial charge in [0, 0.05) is 21.2 Å². The van der Waals surface area contributed by atoms with E-state index in [9.17, 15) is 4.79 Å². The normalized spacial score (nSPS) is 10.6. The monoisotopic (exact) mass is 364 g/mol. The molecule has 0 fully saturated rings. The van der Waals surface area contributed by atoms with Crippen LogP contribution in [0.5, 0.6) is 5.75 Å². The minimum atomic E-state index is -0.621. The number of carbonyl (C=O) groups is 1. The second-order valence-electron chi connectivity index (χ2n) is 4.55. The molecule has 2 rings (SSSR count). The van der Waals surface area contributed by atoms with Gasteiger partial charge in [0.1, 0.15) is 5.75 Å². The Morgan fingerprint density at radius 1 is 1.25 bits per heavy atom. The fourth-order valence-electron chi connectivity index (χ4n) is 1.76. The van der Waals surface area contributed by atoms with Gasteiger partial charge in [-0.1, -0.05) is 23.7 Å². The minimum Gasteiger partial charge on any atom is -0.492 e. The number of hydrazone groups is 1. The highest BCUT2D eigenvalue weighted by Crippen LogP contribution is 2.21. The van der Waals surface area contributed by atoms with E-state index < -0.39 is 6.09 Å². The Balaban J connectivity index is 1.83. The highest BCUT2D eigenvalue weighted by atomic mass is 35.5. The predicted octanol–water partition coefficient (Wildman–Crippen LogP) is 4.20. The summed E-state index contributed by atoms with van der Waals surface area (Å²) in [5, 5.41) is 4.54. The van der Waals surface area contributed by atoms with Crippen LogP contribution in [-0.2, 0) is 4.74 Å². The number of benzene rings is 2. The highest BCUT2D eigenvalue weighted by Gasteiger charge is 2.02. The van der Waals surface area contributed by atoms with E-state index in [0.717, 1.165) is 21.2 Å². The van der Waals surface area contributed by atoms with Crippen molar-refractivity contribution >= 4 is 35.7 Å². The summed E-state index contributed by atoms with van der Waals surface area (Å²) in [5.41, 5.74) is 3.01. The van der Waals surface area contributed by atoms with Gasteiger partial charge in [0.25, 0.3) is 0 Å². The molecule has 2 aromatic rings. The summed E-state index contributed by atoms with van der Waals surface area (Å²) in [6.07, 6.45) is 0.891. The first-order chi connectivity index (χ1) is 11.7. The number of thioether (sulfide) groups is 1. The molecule has 1 amide bonds. The summed E-state index contributed by atoms with van der Waals surface area (Å²) < 4.78 is 10.2. The molecule has 0 radical (unpaired) electrons. The van der Waals surface area contributed by atoms with E-state index in [1.807, 2.05) is 48.5 Å². The number of methoxy groups -OCH3 is 1. The predicted molar refractivity (Wildman–Crippen MR) is 97.2 cm³/mol. The summed E-state index contributed by atoms with van der Waals surface area (Å²) in [6, 6.07) is 15.1. The Bertz CT molecular complexity index is 692. The first-order valence-electron chi connectivity index (χ1n) is 7.16. The fourth-order valence-corrected chi connectivity index (χ4v) is 2.62. The number of rotatable bonds is 7. The zero-order chi connectivity index (χ0) is 17.2. The van der Waals surface area contributed by atoms with E-state index in [0.29, 0.717) is 12.4 Å². The van der Waals surface area contributed by atoms with Crippen LogP contribution in [0.2, 0.25) is 5.02 Å². The van der Waals surface area contributed by atoms with Crippen molar-refractivity contribution in [3.8, 4) is 5.75 Å². The van der Waals surface area contributed by atoms with Gasteiger partial charge >= 0.3 is 6.09 Å². The number of amides is 1. The average molecular weight is 365 g/mol. The number of ether oxygens (including phenoxy) is 2. The molecule has 0 aromatic heterocycles. The van der Waals surface area contributed by atoms with Gasteiger partial charge in [-0.25, -0.2) is 10.2 Å². The number of para-hydroxylation sites is 1. The Kier molecular flexibility index (Phi) is 7.45. The smallest absolute Gasteiger partial charge is 0.427 e. The Morgan fingerprint density at radius 2 is 2.00 bits per heavy atom. The van der Waals surface area contributed by atoms with Gasteiger partial charge in [0.15, 0.2) is 0 Å². The first-order valence-corrected chi connectivity index (χ1v) is 8.52. The summed E-state index contributed by atoms with van der Waals surface area (Å²) >= 11 is 7.55. The SMILES string of the molecule is COC(=O)N/N=C/c1ccccc1OCCSc1ccc(Cl)cc1. The van der Waals surface area contributed by atoms with Gasteiger partial charge in [-0.05, 0) is 36.4 Å². The molecular formula is C17H17ClN2O3S. The second kappa shape index (κ2) is 9.85. The molecule has 0 unspecified atom stereocenters. The van der Waals surface area contributed by atoms with E-state index in [1.165, 1.54) is 13.3 Å². The molecule has 0 aliphatic rings. The van der Waals surface area contributed by atoms with Crippen LogP contribution in [0.25, 0.3) is 0 Å². The van der Waals surface area contributed by atoms with Crippen LogP contribution in [0.15, 0.2) is 58.5 Å². The van der Waals surface area contributed by atoms with Gasteiger partial charge in [0.2, 0.25) is 0 Å². The Labute approximate surface area is 150 Å². The zero-order valence-electron chi connectivity index (χ0n) is 13.1. The molecule has 1 N–H and O–H groups in total. The summed E-state index contributed by atoms with van der Waals surface area (Å²) in [7, 11) is 1.28.